The summed E-state index contributed by atoms with van der Waals surface area (Å²) in [6, 6.07) is 60.3. The van der Waals surface area contributed by atoms with E-state index < -0.39 is 0 Å². The van der Waals surface area contributed by atoms with Crippen LogP contribution in [0.5, 0.6) is 0 Å². The molecule has 2 fully saturated rings. The number of hydrogen-bond acceptors (Lipinski definition) is 3. The van der Waals surface area contributed by atoms with E-state index in [9.17, 15) is 0 Å². The number of fused-ring (bicyclic) bond motifs is 10. The Kier molecular flexibility index (Phi) is 8.34. The largest absolute Gasteiger partial charge is 0.208 e. The Bertz CT molecular complexity index is 2840. The smallest absolute Gasteiger partial charge is 0.164 e. The first-order chi connectivity index (χ1) is 29.7. The predicted molar refractivity (Wildman–Crippen MR) is 246 cm³/mol. The number of rotatable bonds is 5. The Morgan fingerprint density at radius 3 is 1.15 bits per heavy atom. The maximum Gasteiger partial charge on any atom is 0.164 e. The van der Waals surface area contributed by atoms with E-state index in [1.165, 1.54) is 109 Å². The van der Waals surface area contributed by atoms with Crippen molar-refractivity contribution in [2.75, 3.05) is 0 Å². The van der Waals surface area contributed by atoms with Gasteiger partial charge in [0, 0.05) is 27.5 Å². The van der Waals surface area contributed by atoms with Crippen LogP contribution in [0.2, 0.25) is 0 Å². The Hall–Kier alpha value is -6.45. The van der Waals surface area contributed by atoms with Crippen molar-refractivity contribution in [3.63, 3.8) is 0 Å². The van der Waals surface area contributed by atoms with Gasteiger partial charge in [0.2, 0.25) is 0 Å². The molecule has 0 N–H and O–H groups in total. The lowest BCUT2D eigenvalue weighted by Crippen LogP contribution is -2.29. The molecule has 4 aliphatic carbocycles. The van der Waals surface area contributed by atoms with E-state index in [1.54, 1.807) is 22.3 Å². The minimum absolute atomic E-state index is 0.0924. The standard InChI is InChI=1S/C57H47N3/c1-5-15-41(16-6-1)53-58-54(42-17-7-2-8-18-42)60-55(59-53)43-27-25-39(26-28-43)38-21-23-40(24-22-38)44-29-30-46-48-37-51-47(36-52(48)57(50(46)35-44)33-13-4-14-34-57)45-19-9-10-20-49(45)56(51)31-11-3-12-32-56/h1-2,5-10,15-30,35-37H,3-4,11-14,31-34H2. The second kappa shape index (κ2) is 14.1. The van der Waals surface area contributed by atoms with Crippen molar-refractivity contribution >= 4 is 0 Å². The van der Waals surface area contributed by atoms with Crippen LogP contribution < -0.4 is 0 Å². The highest BCUT2D eigenvalue weighted by atomic mass is 15.0. The van der Waals surface area contributed by atoms with E-state index in [2.05, 4.69) is 103 Å². The minimum atomic E-state index is 0.0924. The third-order valence-corrected chi connectivity index (χ3v) is 14.6. The van der Waals surface area contributed by atoms with Crippen LogP contribution in [-0.4, -0.2) is 15.0 Å². The maximum atomic E-state index is 4.94. The zero-order chi connectivity index (χ0) is 39.7. The van der Waals surface area contributed by atoms with E-state index >= 15 is 0 Å². The molecule has 2 spiro atoms. The number of hydrogen-bond donors (Lipinski definition) is 0. The van der Waals surface area contributed by atoms with E-state index in [0.717, 1.165) is 16.7 Å². The molecule has 1 aromatic heterocycles. The zero-order valence-corrected chi connectivity index (χ0v) is 34.0. The predicted octanol–water partition coefficient (Wildman–Crippen LogP) is 14.7. The highest BCUT2D eigenvalue weighted by Gasteiger charge is 2.49. The molecule has 3 heteroatoms. The first-order valence-corrected chi connectivity index (χ1v) is 22.2. The normalized spacial score (nSPS) is 16.6. The van der Waals surface area contributed by atoms with Gasteiger partial charge in [-0.3, -0.25) is 0 Å². The molecule has 3 nitrogen and oxygen atoms in total. The summed E-state index contributed by atoms with van der Waals surface area (Å²) in [4.78, 5) is 14.7. The topological polar surface area (TPSA) is 38.7 Å². The van der Waals surface area contributed by atoms with Crippen LogP contribution in [0.25, 0.3) is 78.7 Å². The summed E-state index contributed by atoms with van der Waals surface area (Å²) in [6.07, 6.45) is 13.0. The second-order valence-corrected chi connectivity index (χ2v) is 17.7. The molecule has 12 rings (SSSR count). The summed E-state index contributed by atoms with van der Waals surface area (Å²) < 4.78 is 0. The maximum absolute atomic E-state index is 4.94. The van der Waals surface area contributed by atoms with Crippen LogP contribution in [0.15, 0.2) is 164 Å². The van der Waals surface area contributed by atoms with Gasteiger partial charge in [0.05, 0.1) is 0 Å². The van der Waals surface area contributed by atoms with Gasteiger partial charge >= 0.3 is 0 Å². The van der Waals surface area contributed by atoms with Gasteiger partial charge in [0.15, 0.2) is 17.5 Å². The first kappa shape index (κ1) is 35.5. The highest BCUT2D eigenvalue weighted by Crippen LogP contribution is 2.62. The van der Waals surface area contributed by atoms with Crippen LogP contribution >= 0.6 is 0 Å². The van der Waals surface area contributed by atoms with Gasteiger partial charge in [0.25, 0.3) is 0 Å². The molecule has 0 radical (unpaired) electrons. The van der Waals surface area contributed by atoms with Crippen molar-refractivity contribution in [3.8, 4) is 78.7 Å². The summed E-state index contributed by atoms with van der Waals surface area (Å²) in [5, 5.41) is 0. The van der Waals surface area contributed by atoms with Gasteiger partial charge < -0.3 is 0 Å². The molecule has 0 unspecified atom stereocenters. The number of nitrogens with zero attached hydrogens (tertiary/aromatic N) is 3. The molecule has 1 heterocycles. The monoisotopic (exact) mass is 773 g/mol. The lowest BCUT2D eigenvalue weighted by molar-refractivity contribution is 0.350. The minimum Gasteiger partial charge on any atom is -0.208 e. The molecule has 0 bridgehead atoms. The van der Waals surface area contributed by atoms with Crippen molar-refractivity contribution < 1.29 is 0 Å². The quantitative estimate of drug-likeness (QED) is 0.175. The fourth-order valence-electron chi connectivity index (χ4n) is 11.6. The first-order valence-electron chi connectivity index (χ1n) is 22.2. The van der Waals surface area contributed by atoms with Gasteiger partial charge in [-0.15, -0.1) is 0 Å². The molecule has 7 aromatic carbocycles. The summed E-state index contributed by atoms with van der Waals surface area (Å²) >= 11 is 0. The van der Waals surface area contributed by atoms with E-state index in [0.29, 0.717) is 17.5 Å². The van der Waals surface area contributed by atoms with Gasteiger partial charge in [0.1, 0.15) is 0 Å². The lowest BCUT2D eigenvalue weighted by Gasteiger charge is -2.37. The third-order valence-electron chi connectivity index (χ3n) is 14.6. The van der Waals surface area contributed by atoms with Crippen LogP contribution in [0.4, 0.5) is 0 Å². The van der Waals surface area contributed by atoms with Crippen molar-refractivity contribution in [2.45, 2.75) is 75.0 Å². The van der Waals surface area contributed by atoms with Gasteiger partial charge in [-0.1, -0.05) is 184 Å². The van der Waals surface area contributed by atoms with Crippen LogP contribution in [0, 0.1) is 0 Å². The fraction of sp³-hybridized carbons (Fsp3) is 0.211. The molecule has 4 aliphatic rings. The summed E-state index contributed by atoms with van der Waals surface area (Å²) in [6.45, 7) is 0. The lowest BCUT2D eigenvalue weighted by atomic mass is 9.66. The molecule has 0 saturated heterocycles. The Labute approximate surface area is 353 Å². The SMILES string of the molecule is c1ccc(-c2nc(-c3ccccc3)nc(-c3ccc(-c4ccc(-c5ccc6c(c5)C5(CCCCC5)c5cc7c(cc5-6)C5(CCCCC5)c5ccccc5-7)cc4)cc3)n2)cc1. The average Bonchev–Trinajstić information content (AvgIpc) is 3.73. The molecule has 290 valence electrons. The van der Waals surface area contributed by atoms with Crippen molar-refractivity contribution in [1.29, 1.82) is 0 Å². The van der Waals surface area contributed by atoms with Crippen LogP contribution in [0.3, 0.4) is 0 Å². The second-order valence-electron chi connectivity index (χ2n) is 17.7. The summed E-state index contributed by atoms with van der Waals surface area (Å²) in [5.41, 5.74) is 20.5. The Morgan fingerprint density at radius 2 is 0.633 bits per heavy atom. The molecule has 2 saturated carbocycles. The number of benzene rings is 7. The molecular weight excluding hydrogens is 727 g/mol. The Morgan fingerprint density at radius 1 is 0.267 bits per heavy atom. The molecule has 0 amide bonds. The molecule has 60 heavy (non-hydrogen) atoms. The average molecular weight is 774 g/mol. The van der Waals surface area contributed by atoms with Crippen molar-refractivity contribution in [2.24, 2.45) is 0 Å². The van der Waals surface area contributed by atoms with Gasteiger partial charge in [-0.2, -0.15) is 0 Å². The molecular formula is C57H47N3. The molecule has 8 aromatic rings. The number of aromatic nitrogens is 3. The summed E-state index contributed by atoms with van der Waals surface area (Å²) in [7, 11) is 0. The van der Waals surface area contributed by atoms with Crippen molar-refractivity contribution in [1.82, 2.24) is 15.0 Å². The zero-order valence-electron chi connectivity index (χ0n) is 34.0. The van der Waals surface area contributed by atoms with Crippen molar-refractivity contribution in [3.05, 3.63) is 186 Å². The van der Waals surface area contributed by atoms with Crippen LogP contribution in [0.1, 0.15) is 86.5 Å². The van der Waals surface area contributed by atoms with Gasteiger partial charge in [-0.05, 0) is 111 Å². The van der Waals surface area contributed by atoms with Gasteiger partial charge in [-0.25, -0.2) is 15.0 Å². The molecule has 0 aliphatic heterocycles. The molecule has 0 atom stereocenters. The fourth-order valence-corrected chi connectivity index (χ4v) is 11.6. The van der Waals surface area contributed by atoms with E-state index in [1.807, 2.05) is 60.7 Å². The Balaban J connectivity index is 0.871. The van der Waals surface area contributed by atoms with E-state index in [-0.39, 0.29) is 10.8 Å². The van der Waals surface area contributed by atoms with E-state index in [4.69, 9.17) is 15.0 Å². The summed E-state index contributed by atoms with van der Waals surface area (Å²) in [5.74, 6) is 2.01. The van der Waals surface area contributed by atoms with Crippen LogP contribution in [-0.2, 0) is 10.8 Å². The highest BCUT2D eigenvalue weighted by molar-refractivity contribution is 5.91. The third kappa shape index (κ3) is 5.59.